The zero-order chi connectivity index (χ0) is 12.9. The second kappa shape index (κ2) is 3.73. The predicted octanol–water partition coefficient (Wildman–Crippen LogP) is 1.56. The van der Waals surface area contributed by atoms with E-state index < -0.39 is 5.97 Å². The summed E-state index contributed by atoms with van der Waals surface area (Å²) in [4.78, 5) is 23.5. The van der Waals surface area contributed by atoms with Gasteiger partial charge in [0.25, 0.3) is 0 Å². The quantitative estimate of drug-likeness (QED) is 0.830. The fraction of sp³-hybridized carbons (Fsp3) is 0.385. The number of carboxylic acids is 1. The van der Waals surface area contributed by atoms with Gasteiger partial charge in [0, 0.05) is 13.1 Å². The molecule has 0 aromatic rings. The SMILES string of the molecule is Cc1cc2n3n(c(C(=O)O)c-2c(=O)c1)CCCC3. The Morgan fingerprint density at radius 2 is 1.89 bits per heavy atom. The third-order valence-electron chi connectivity index (χ3n) is 3.48. The molecule has 0 aromatic carbocycles. The molecule has 0 saturated carbocycles. The number of nitrogens with zero attached hydrogens (tertiary/aromatic N) is 2. The summed E-state index contributed by atoms with van der Waals surface area (Å²) in [5.41, 5.74) is 1.90. The molecule has 94 valence electrons. The van der Waals surface area contributed by atoms with Crippen molar-refractivity contribution in [2.45, 2.75) is 32.9 Å². The highest BCUT2D eigenvalue weighted by atomic mass is 16.4. The molecule has 0 fully saturated rings. The van der Waals surface area contributed by atoms with Crippen LogP contribution in [-0.2, 0) is 13.1 Å². The molecule has 2 aliphatic heterocycles. The molecule has 0 unspecified atom stereocenters. The van der Waals surface area contributed by atoms with Gasteiger partial charge in [0.2, 0.25) is 0 Å². The topological polar surface area (TPSA) is 64.2 Å². The second-order valence-electron chi connectivity index (χ2n) is 4.76. The number of rotatable bonds is 1. The van der Waals surface area contributed by atoms with E-state index in [1.165, 1.54) is 6.07 Å². The van der Waals surface area contributed by atoms with Crippen LogP contribution in [0.4, 0.5) is 0 Å². The second-order valence-corrected chi connectivity index (χ2v) is 4.76. The van der Waals surface area contributed by atoms with Gasteiger partial charge in [-0.25, -0.2) is 4.79 Å². The molecule has 2 heterocycles. The van der Waals surface area contributed by atoms with E-state index >= 15 is 0 Å². The summed E-state index contributed by atoms with van der Waals surface area (Å²) in [6, 6.07) is 3.40. The van der Waals surface area contributed by atoms with Gasteiger partial charge in [0.1, 0.15) is 0 Å². The molecular formula is C13H14N2O3. The van der Waals surface area contributed by atoms with Gasteiger partial charge in [-0.05, 0) is 37.5 Å². The van der Waals surface area contributed by atoms with Crippen molar-refractivity contribution in [2.24, 2.45) is 0 Å². The van der Waals surface area contributed by atoms with Crippen molar-refractivity contribution in [1.29, 1.82) is 0 Å². The van der Waals surface area contributed by atoms with Crippen LogP contribution in [0.2, 0.25) is 0 Å². The van der Waals surface area contributed by atoms with E-state index in [0.29, 0.717) is 12.1 Å². The molecule has 0 radical (unpaired) electrons. The Morgan fingerprint density at radius 1 is 1.22 bits per heavy atom. The summed E-state index contributed by atoms with van der Waals surface area (Å²) >= 11 is 0. The van der Waals surface area contributed by atoms with E-state index in [9.17, 15) is 14.7 Å². The van der Waals surface area contributed by atoms with Crippen LogP contribution >= 0.6 is 0 Å². The summed E-state index contributed by atoms with van der Waals surface area (Å²) in [6.45, 7) is 3.29. The molecule has 1 aliphatic carbocycles. The Hall–Kier alpha value is -2.04. The Bertz CT molecular complexity index is 666. The third kappa shape index (κ3) is 1.40. The smallest absolute Gasteiger partial charge is 0.354 e. The monoisotopic (exact) mass is 246 g/mol. The normalized spacial score (nSPS) is 14.7. The molecule has 0 amide bonds. The zero-order valence-electron chi connectivity index (χ0n) is 10.1. The highest BCUT2D eigenvalue weighted by molar-refractivity contribution is 5.94. The number of aromatic carboxylic acids is 1. The minimum atomic E-state index is -1.03. The largest absolute Gasteiger partial charge is 0.477 e. The van der Waals surface area contributed by atoms with Crippen LogP contribution in [0.1, 0.15) is 28.9 Å². The maximum absolute atomic E-state index is 12.1. The van der Waals surface area contributed by atoms with Crippen LogP contribution in [0.15, 0.2) is 16.9 Å². The molecule has 5 heteroatoms. The Morgan fingerprint density at radius 3 is 2.56 bits per heavy atom. The first-order chi connectivity index (χ1) is 8.59. The van der Waals surface area contributed by atoms with Crippen LogP contribution in [0.3, 0.4) is 0 Å². The minimum absolute atomic E-state index is 0.134. The van der Waals surface area contributed by atoms with Crippen LogP contribution in [0, 0.1) is 6.92 Å². The lowest BCUT2D eigenvalue weighted by molar-refractivity contribution is 0.0679. The van der Waals surface area contributed by atoms with Gasteiger partial charge in [0.15, 0.2) is 11.1 Å². The predicted molar refractivity (Wildman–Crippen MR) is 66.2 cm³/mol. The van der Waals surface area contributed by atoms with E-state index in [1.807, 2.05) is 17.7 Å². The average Bonchev–Trinajstić information content (AvgIpc) is 2.64. The van der Waals surface area contributed by atoms with Crippen molar-refractivity contribution >= 4 is 5.97 Å². The van der Waals surface area contributed by atoms with Gasteiger partial charge in [-0.15, -0.1) is 0 Å². The molecule has 0 atom stereocenters. The lowest BCUT2D eigenvalue weighted by Gasteiger charge is -2.19. The first-order valence-corrected chi connectivity index (χ1v) is 6.07. The van der Waals surface area contributed by atoms with Crippen molar-refractivity contribution in [3.05, 3.63) is 33.6 Å². The fourth-order valence-electron chi connectivity index (χ4n) is 2.77. The van der Waals surface area contributed by atoms with Gasteiger partial charge in [-0.3, -0.25) is 14.2 Å². The van der Waals surface area contributed by atoms with E-state index in [2.05, 4.69) is 0 Å². The summed E-state index contributed by atoms with van der Waals surface area (Å²) in [7, 11) is 0. The molecule has 3 aliphatic rings. The molecule has 1 N–H and O–H groups in total. The van der Waals surface area contributed by atoms with Crippen LogP contribution in [0.5, 0.6) is 0 Å². The van der Waals surface area contributed by atoms with Crippen LogP contribution < -0.4 is 5.43 Å². The zero-order valence-corrected chi connectivity index (χ0v) is 10.1. The van der Waals surface area contributed by atoms with Gasteiger partial charge in [0.05, 0.1) is 11.3 Å². The Balaban J connectivity index is 2.46. The molecule has 18 heavy (non-hydrogen) atoms. The minimum Gasteiger partial charge on any atom is -0.477 e. The molecule has 0 aromatic heterocycles. The maximum atomic E-state index is 12.1. The van der Waals surface area contributed by atoms with Crippen molar-refractivity contribution in [1.82, 2.24) is 9.36 Å². The lowest BCUT2D eigenvalue weighted by atomic mass is 10.1. The number of fused-ring (bicyclic) bond motifs is 3. The summed E-state index contributed by atoms with van der Waals surface area (Å²) < 4.78 is 3.66. The molecule has 0 saturated heterocycles. The van der Waals surface area contributed by atoms with Crippen molar-refractivity contribution < 1.29 is 9.90 Å². The number of carboxylic acid groups (broad SMARTS) is 1. The van der Waals surface area contributed by atoms with Crippen molar-refractivity contribution in [3.63, 3.8) is 0 Å². The lowest BCUT2D eigenvalue weighted by Crippen LogP contribution is -2.22. The maximum Gasteiger partial charge on any atom is 0.354 e. The van der Waals surface area contributed by atoms with E-state index in [-0.39, 0.29) is 11.1 Å². The highest BCUT2D eigenvalue weighted by Gasteiger charge is 2.28. The number of hydrogen-bond donors (Lipinski definition) is 1. The first kappa shape index (κ1) is 11.1. The van der Waals surface area contributed by atoms with E-state index in [4.69, 9.17) is 0 Å². The van der Waals surface area contributed by atoms with Gasteiger partial charge >= 0.3 is 5.97 Å². The Kier molecular flexibility index (Phi) is 2.29. The van der Waals surface area contributed by atoms with Gasteiger partial charge < -0.3 is 5.11 Å². The number of carbonyl (C=O) groups is 1. The molecule has 3 rings (SSSR count). The molecule has 0 bridgehead atoms. The first-order valence-electron chi connectivity index (χ1n) is 6.07. The standard InChI is InChI=1S/C13H14N2O3/c1-8-6-9-11(10(16)7-8)12(13(17)18)15-5-3-2-4-14(9)15/h6-7H,2-5H2,1H3,(H,17,18). The highest BCUT2D eigenvalue weighted by Crippen LogP contribution is 2.29. The fourth-order valence-corrected chi connectivity index (χ4v) is 2.77. The summed E-state index contributed by atoms with van der Waals surface area (Å²) in [6.07, 6.45) is 1.97. The summed E-state index contributed by atoms with van der Waals surface area (Å²) in [5, 5.41) is 9.35. The average molecular weight is 246 g/mol. The van der Waals surface area contributed by atoms with Gasteiger partial charge in [-0.2, -0.15) is 0 Å². The van der Waals surface area contributed by atoms with E-state index in [0.717, 1.165) is 30.6 Å². The van der Waals surface area contributed by atoms with E-state index in [1.54, 1.807) is 4.68 Å². The van der Waals surface area contributed by atoms with Crippen molar-refractivity contribution in [2.75, 3.05) is 0 Å². The summed E-state index contributed by atoms with van der Waals surface area (Å²) in [5.74, 6) is -1.03. The number of benzene rings is 1. The van der Waals surface area contributed by atoms with Crippen LogP contribution in [0.25, 0.3) is 11.3 Å². The van der Waals surface area contributed by atoms with Crippen LogP contribution in [-0.4, -0.2) is 20.4 Å². The molecule has 5 nitrogen and oxygen atoms in total. The number of aromatic nitrogens is 2. The van der Waals surface area contributed by atoms with Gasteiger partial charge in [-0.1, -0.05) is 0 Å². The van der Waals surface area contributed by atoms with Crippen molar-refractivity contribution in [3.8, 4) is 11.3 Å². The molecular weight excluding hydrogens is 232 g/mol. The molecule has 0 spiro atoms. The number of hydrogen-bond acceptors (Lipinski definition) is 2. The Labute approximate surface area is 104 Å². The number of aryl methyl sites for hydroxylation is 1. The third-order valence-corrected chi connectivity index (χ3v) is 3.48.